The molecule has 6 nitrogen and oxygen atoms in total. The second-order valence-corrected chi connectivity index (χ2v) is 6.21. The highest BCUT2D eigenvalue weighted by Crippen LogP contribution is 2.18. The van der Waals surface area contributed by atoms with E-state index in [1.165, 1.54) is 0 Å². The summed E-state index contributed by atoms with van der Waals surface area (Å²) in [4.78, 5) is 16.1. The average Bonchev–Trinajstić information content (AvgIpc) is 2.76. The summed E-state index contributed by atoms with van der Waals surface area (Å²) in [6.45, 7) is 1.06. The molecule has 0 unspecified atom stereocenters. The van der Waals surface area contributed by atoms with E-state index in [0.717, 1.165) is 34.4 Å². The Labute approximate surface area is 170 Å². The molecule has 0 saturated carbocycles. The zero-order valence-corrected chi connectivity index (χ0v) is 16.3. The number of nitrogens with zero attached hydrogens (tertiary/aromatic N) is 1. The van der Waals surface area contributed by atoms with Crippen molar-refractivity contribution >= 4 is 16.9 Å². The van der Waals surface area contributed by atoms with Crippen molar-refractivity contribution in [3.05, 3.63) is 66.4 Å². The molecule has 0 bridgehead atoms. The Hall–Kier alpha value is -3.72. The number of pyridine rings is 1. The summed E-state index contributed by atoms with van der Waals surface area (Å²) in [6.07, 6.45) is 2.50. The Bertz CT molecular complexity index is 1010. The summed E-state index contributed by atoms with van der Waals surface area (Å²) in [5, 5.41) is 6.57. The molecule has 0 saturated heterocycles. The van der Waals surface area contributed by atoms with Crippen LogP contribution in [0.4, 0.5) is 4.79 Å². The van der Waals surface area contributed by atoms with Crippen LogP contribution in [0.2, 0.25) is 0 Å². The number of ether oxygens (including phenoxy) is 2. The van der Waals surface area contributed by atoms with E-state index >= 15 is 0 Å². The highest BCUT2D eigenvalue weighted by molar-refractivity contribution is 5.79. The van der Waals surface area contributed by atoms with Crippen LogP contribution in [0.5, 0.6) is 11.5 Å². The van der Waals surface area contributed by atoms with E-state index in [9.17, 15) is 4.79 Å². The zero-order valence-electron chi connectivity index (χ0n) is 16.3. The van der Waals surface area contributed by atoms with E-state index in [0.29, 0.717) is 6.54 Å². The largest absolute Gasteiger partial charge is 0.497 e. The Morgan fingerprint density at radius 1 is 1.03 bits per heavy atom. The smallest absolute Gasteiger partial charge is 0.315 e. The van der Waals surface area contributed by atoms with Crippen LogP contribution in [-0.4, -0.2) is 37.8 Å². The molecule has 0 spiro atoms. The molecule has 0 aliphatic heterocycles. The lowest BCUT2D eigenvalue weighted by Crippen LogP contribution is -2.36. The predicted octanol–water partition coefficient (Wildman–Crippen LogP) is 3.17. The number of hydrogen-bond acceptors (Lipinski definition) is 4. The number of urea groups is 1. The number of nitrogens with one attached hydrogen (secondary N) is 2. The number of carbonyl (C=O) groups excluding carboxylic acids is 1. The molecule has 2 amide bonds. The molecule has 29 heavy (non-hydrogen) atoms. The van der Waals surface area contributed by atoms with Gasteiger partial charge in [-0.3, -0.25) is 4.98 Å². The van der Waals surface area contributed by atoms with Gasteiger partial charge in [-0.25, -0.2) is 4.79 Å². The molecule has 6 heteroatoms. The van der Waals surface area contributed by atoms with Gasteiger partial charge < -0.3 is 20.1 Å². The van der Waals surface area contributed by atoms with Crippen molar-refractivity contribution in [1.29, 1.82) is 0 Å². The minimum Gasteiger partial charge on any atom is -0.497 e. The van der Waals surface area contributed by atoms with Gasteiger partial charge in [-0.1, -0.05) is 30.0 Å². The molecule has 0 aliphatic carbocycles. The lowest BCUT2D eigenvalue weighted by molar-refractivity contribution is 0.242. The van der Waals surface area contributed by atoms with Crippen LogP contribution in [-0.2, 0) is 6.42 Å². The van der Waals surface area contributed by atoms with Crippen molar-refractivity contribution in [2.75, 3.05) is 26.8 Å². The topological polar surface area (TPSA) is 72.5 Å². The van der Waals surface area contributed by atoms with Gasteiger partial charge in [0.25, 0.3) is 0 Å². The molecule has 0 aliphatic rings. The van der Waals surface area contributed by atoms with Crippen LogP contribution < -0.4 is 20.1 Å². The SMILES string of the molecule is COc1ccc(CCNC(=O)NCC#CCOc2ccc3cccnc3c2)cc1. The maximum absolute atomic E-state index is 11.8. The highest BCUT2D eigenvalue weighted by atomic mass is 16.5. The van der Waals surface area contributed by atoms with Crippen LogP contribution in [0.1, 0.15) is 5.56 Å². The number of fused-ring (bicyclic) bond motifs is 1. The van der Waals surface area contributed by atoms with Crippen LogP contribution >= 0.6 is 0 Å². The molecule has 1 aromatic heterocycles. The van der Waals surface area contributed by atoms with Gasteiger partial charge in [0.1, 0.15) is 18.1 Å². The Morgan fingerprint density at radius 3 is 2.69 bits per heavy atom. The predicted molar refractivity (Wildman–Crippen MR) is 113 cm³/mol. The van der Waals surface area contributed by atoms with Crippen LogP contribution in [0.25, 0.3) is 10.9 Å². The molecular weight excluding hydrogens is 366 g/mol. The summed E-state index contributed by atoms with van der Waals surface area (Å²) in [7, 11) is 1.64. The maximum atomic E-state index is 11.8. The number of rotatable bonds is 7. The van der Waals surface area contributed by atoms with Gasteiger partial charge in [-0.15, -0.1) is 0 Å². The summed E-state index contributed by atoms with van der Waals surface area (Å²) < 4.78 is 10.7. The third-order valence-electron chi connectivity index (χ3n) is 4.21. The first kappa shape index (κ1) is 20.0. The molecule has 0 radical (unpaired) electrons. The first-order chi connectivity index (χ1) is 14.2. The third-order valence-corrected chi connectivity index (χ3v) is 4.21. The van der Waals surface area contributed by atoms with E-state index in [4.69, 9.17) is 9.47 Å². The van der Waals surface area contributed by atoms with Gasteiger partial charge in [0.05, 0.1) is 19.2 Å². The van der Waals surface area contributed by atoms with Gasteiger partial charge in [0.2, 0.25) is 0 Å². The summed E-state index contributed by atoms with van der Waals surface area (Å²) >= 11 is 0. The minimum atomic E-state index is -0.241. The fraction of sp³-hybridized carbons (Fsp3) is 0.217. The van der Waals surface area contributed by atoms with Crippen LogP contribution in [0, 0.1) is 11.8 Å². The average molecular weight is 389 g/mol. The van der Waals surface area contributed by atoms with E-state index in [-0.39, 0.29) is 19.2 Å². The van der Waals surface area contributed by atoms with Crippen molar-refractivity contribution in [3.63, 3.8) is 0 Å². The number of amides is 2. The molecule has 2 N–H and O–H groups in total. The second kappa shape index (κ2) is 10.6. The first-order valence-corrected chi connectivity index (χ1v) is 9.32. The summed E-state index contributed by atoms with van der Waals surface area (Å²) in [5.74, 6) is 7.29. The van der Waals surface area contributed by atoms with Gasteiger partial charge in [-0.2, -0.15) is 0 Å². The molecule has 3 rings (SSSR count). The second-order valence-electron chi connectivity index (χ2n) is 6.21. The fourth-order valence-electron chi connectivity index (χ4n) is 2.67. The quantitative estimate of drug-likeness (QED) is 0.609. The zero-order chi connectivity index (χ0) is 20.3. The molecule has 3 aromatic rings. The van der Waals surface area contributed by atoms with Crippen LogP contribution in [0.15, 0.2) is 60.8 Å². The Morgan fingerprint density at radius 2 is 1.86 bits per heavy atom. The van der Waals surface area contributed by atoms with Crippen molar-refractivity contribution in [2.24, 2.45) is 0 Å². The standard InChI is InChI=1S/C23H23N3O3/c1-28-20-9-6-18(7-10-20)12-15-26-23(27)25-13-2-3-16-29-21-11-8-19-5-4-14-24-22(19)17-21/h4-11,14,17H,12-13,15-16H2,1H3,(H2,25,26,27). The number of benzene rings is 2. The number of aromatic nitrogens is 1. The highest BCUT2D eigenvalue weighted by Gasteiger charge is 1.99. The number of methoxy groups -OCH3 is 1. The monoisotopic (exact) mass is 389 g/mol. The Kier molecular flexibility index (Phi) is 7.30. The van der Waals surface area contributed by atoms with Crippen molar-refractivity contribution in [1.82, 2.24) is 15.6 Å². The minimum absolute atomic E-state index is 0.241. The molecule has 0 atom stereocenters. The number of hydrogen-bond donors (Lipinski definition) is 2. The lowest BCUT2D eigenvalue weighted by Gasteiger charge is -2.06. The van der Waals surface area contributed by atoms with Gasteiger partial charge in [0.15, 0.2) is 0 Å². The molecule has 2 aromatic carbocycles. The maximum Gasteiger partial charge on any atom is 0.315 e. The van der Waals surface area contributed by atoms with E-state index < -0.39 is 0 Å². The third kappa shape index (κ3) is 6.43. The van der Waals surface area contributed by atoms with Crippen LogP contribution in [0.3, 0.4) is 0 Å². The number of carbonyl (C=O) groups is 1. The van der Waals surface area contributed by atoms with Crippen molar-refractivity contribution in [2.45, 2.75) is 6.42 Å². The molecule has 1 heterocycles. The van der Waals surface area contributed by atoms with Gasteiger partial charge >= 0.3 is 6.03 Å². The molecular formula is C23H23N3O3. The fourth-order valence-corrected chi connectivity index (χ4v) is 2.67. The van der Waals surface area contributed by atoms with Crippen molar-refractivity contribution < 1.29 is 14.3 Å². The molecule has 148 valence electrons. The van der Waals surface area contributed by atoms with E-state index in [2.05, 4.69) is 27.5 Å². The Balaban J connectivity index is 1.31. The van der Waals surface area contributed by atoms with E-state index in [1.807, 2.05) is 54.6 Å². The lowest BCUT2D eigenvalue weighted by atomic mass is 10.1. The summed E-state index contributed by atoms with van der Waals surface area (Å²) in [6, 6.07) is 17.2. The van der Waals surface area contributed by atoms with Crippen molar-refractivity contribution in [3.8, 4) is 23.3 Å². The van der Waals surface area contributed by atoms with Gasteiger partial charge in [-0.05, 0) is 42.3 Å². The molecule has 0 fully saturated rings. The van der Waals surface area contributed by atoms with Gasteiger partial charge in [0, 0.05) is 24.2 Å². The summed E-state index contributed by atoms with van der Waals surface area (Å²) in [5.41, 5.74) is 2.01. The van der Waals surface area contributed by atoms with E-state index in [1.54, 1.807) is 13.3 Å². The first-order valence-electron chi connectivity index (χ1n) is 9.32. The normalized spacial score (nSPS) is 9.97.